The van der Waals surface area contributed by atoms with Gasteiger partial charge in [-0.05, 0) is 38.8 Å². The van der Waals surface area contributed by atoms with E-state index in [4.69, 9.17) is 4.74 Å². The highest BCUT2D eigenvalue weighted by atomic mass is 32.2. The summed E-state index contributed by atoms with van der Waals surface area (Å²) in [7, 11) is -3.17. The third-order valence-corrected chi connectivity index (χ3v) is 4.62. The number of hydrogen-bond acceptors (Lipinski definition) is 4. The van der Waals surface area contributed by atoms with E-state index in [9.17, 15) is 8.42 Å². The van der Waals surface area contributed by atoms with Crippen molar-refractivity contribution in [1.82, 2.24) is 10.0 Å². The fourth-order valence-corrected chi connectivity index (χ4v) is 3.85. The SMILES string of the molecule is O=S(=O)(CC1CCCO1)NC1CCNCC1. The molecule has 0 radical (unpaired) electrons. The molecule has 6 heteroatoms. The van der Waals surface area contributed by atoms with Crippen molar-refractivity contribution in [3.05, 3.63) is 0 Å². The monoisotopic (exact) mass is 248 g/mol. The Bertz CT molecular complexity index is 306. The minimum Gasteiger partial charge on any atom is -0.377 e. The Labute approximate surface area is 97.0 Å². The molecule has 1 atom stereocenters. The van der Waals surface area contributed by atoms with E-state index in [2.05, 4.69) is 10.0 Å². The number of hydrogen-bond donors (Lipinski definition) is 2. The van der Waals surface area contributed by atoms with Gasteiger partial charge in [-0.15, -0.1) is 0 Å². The molecule has 0 aromatic rings. The highest BCUT2D eigenvalue weighted by Gasteiger charge is 2.26. The normalized spacial score (nSPS) is 28.4. The van der Waals surface area contributed by atoms with Crippen molar-refractivity contribution in [3.63, 3.8) is 0 Å². The summed E-state index contributed by atoms with van der Waals surface area (Å²) in [6.07, 6.45) is 3.51. The highest BCUT2D eigenvalue weighted by Crippen LogP contribution is 2.14. The quantitative estimate of drug-likeness (QED) is 0.725. The first kappa shape index (κ1) is 12.3. The zero-order valence-corrected chi connectivity index (χ0v) is 10.3. The zero-order valence-electron chi connectivity index (χ0n) is 9.44. The molecule has 0 amide bonds. The predicted octanol–water partition coefficient (Wildman–Crippen LogP) is -0.163. The number of ether oxygens (including phenoxy) is 1. The molecule has 2 saturated heterocycles. The van der Waals surface area contributed by atoms with Crippen LogP contribution < -0.4 is 10.0 Å². The second-order valence-corrected chi connectivity index (χ2v) is 6.36. The first-order valence-electron chi connectivity index (χ1n) is 5.98. The highest BCUT2D eigenvalue weighted by molar-refractivity contribution is 7.89. The summed E-state index contributed by atoms with van der Waals surface area (Å²) in [5.41, 5.74) is 0. The summed E-state index contributed by atoms with van der Waals surface area (Å²) in [6.45, 7) is 2.49. The lowest BCUT2D eigenvalue weighted by Gasteiger charge is -2.24. The second-order valence-electron chi connectivity index (χ2n) is 4.56. The Morgan fingerprint density at radius 2 is 2.00 bits per heavy atom. The van der Waals surface area contributed by atoms with Crippen molar-refractivity contribution in [3.8, 4) is 0 Å². The first-order valence-corrected chi connectivity index (χ1v) is 7.63. The molecule has 0 bridgehead atoms. The molecule has 0 aliphatic carbocycles. The molecule has 1 unspecified atom stereocenters. The molecular formula is C10H20N2O3S. The molecule has 2 fully saturated rings. The molecule has 2 rings (SSSR count). The summed E-state index contributed by atoms with van der Waals surface area (Å²) in [5.74, 6) is 0.122. The van der Waals surface area contributed by atoms with Gasteiger partial charge < -0.3 is 10.1 Å². The van der Waals surface area contributed by atoms with Gasteiger partial charge in [0.25, 0.3) is 0 Å². The third kappa shape index (κ3) is 3.69. The van der Waals surface area contributed by atoms with Gasteiger partial charge in [0.2, 0.25) is 10.0 Å². The predicted molar refractivity (Wildman–Crippen MR) is 61.8 cm³/mol. The van der Waals surface area contributed by atoms with E-state index in [1.165, 1.54) is 0 Å². The number of rotatable bonds is 4. The van der Waals surface area contributed by atoms with Crippen molar-refractivity contribution >= 4 is 10.0 Å². The van der Waals surface area contributed by atoms with E-state index >= 15 is 0 Å². The fourth-order valence-electron chi connectivity index (χ4n) is 2.26. The van der Waals surface area contributed by atoms with Gasteiger partial charge in [-0.25, -0.2) is 13.1 Å². The molecule has 2 aliphatic heterocycles. The van der Waals surface area contributed by atoms with Crippen LogP contribution in [0.4, 0.5) is 0 Å². The summed E-state index contributed by atoms with van der Waals surface area (Å²) in [4.78, 5) is 0. The Morgan fingerprint density at radius 3 is 2.62 bits per heavy atom. The van der Waals surface area contributed by atoms with Crippen molar-refractivity contribution in [1.29, 1.82) is 0 Å². The van der Waals surface area contributed by atoms with Crippen LogP contribution in [0.15, 0.2) is 0 Å². The molecule has 0 aromatic heterocycles. The van der Waals surface area contributed by atoms with Gasteiger partial charge in [-0.3, -0.25) is 0 Å². The van der Waals surface area contributed by atoms with Crippen LogP contribution in [-0.4, -0.2) is 46.0 Å². The fraction of sp³-hybridized carbons (Fsp3) is 1.00. The van der Waals surface area contributed by atoms with E-state index in [1.54, 1.807) is 0 Å². The first-order chi connectivity index (χ1) is 7.66. The van der Waals surface area contributed by atoms with Crippen molar-refractivity contribution in [2.75, 3.05) is 25.4 Å². The maximum atomic E-state index is 11.8. The van der Waals surface area contributed by atoms with Crippen LogP contribution in [0.1, 0.15) is 25.7 Å². The van der Waals surface area contributed by atoms with Crippen LogP contribution in [0.2, 0.25) is 0 Å². The number of sulfonamides is 1. The van der Waals surface area contributed by atoms with E-state index in [0.29, 0.717) is 6.61 Å². The smallest absolute Gasteiger partial charge is 0.214 e. The largest absolute Gasteiger partial charge is 0.377 e. The van der Waals surface area contributed by atoms with Gasteiger partial charge in [0.15, 0.2) is 0 Å². The maximum absolute atomic E-state index is 11.8. The van der Waals surface area contributed by atoms with Crippen LogP contribution in [0.5, 0.6) is 0 Å². The lowest BCUT2D eigenvalue weighted by molar-refractivity contribution is 0.127. The van der Waals surface area contributed by atoms with Crippen molar-refractivity contribution < 1.29 is 13.2 Å². The molecule has 16 heavy (non-hydrogen) atoms. The van der Waals surface area contributed by atoms with E-state index in [1.807, 2.05) is 0 Å². The van der Waals surface area contributed by atoms with E-state index < -0.39 is 10.0 Å². The van der Waals surface area contributed by atoms with Gasteiger partial charge in [-0.2, -0.15) is 0 Å². The molecule has 5 nitrogen and oxygen atoms in total. The Hall–Kier alpha value is -0.170. The van der Waals surface area contributed by atoms with Crippen LogP contribution in [-0.2, 0) is 14.8 Å². The molecule has 94 valence electrons. The summed E-state index contributed by atoms with van der Waals surface area (Å²) in [5, 5.41) is 3.21. The van der Waals surface area contributed by atoms with E-state index in [0.717, 1.165) is 38.8 Å². The molecular weight excluding hydrogens is 228 g/mol. The topological polar surface area (TPSA) is 67.4 Å². The molecule has 0 saturated carbocycles. The average Bonchev–Trinajstić information content (AvgIpc) is 2.70. The summed E-state index contributed by atoms with van der Waals surface area (Å²) in [6, 6.07) is 0.104. The van der Waals surface area contributed by atoms with Crippen molar-refractivity contribution in [2.24, 2.45) is 0 Å². The van der Waals surface area contributed by atoms with Crippen LogP contribution >= 0.6 is 0 Å². The van der Waals surface area contributed by atoms with Gasteiger partial charge >= 0.3 is 0 Å². The lowest BCUT2D eigenvalue weighted by atomic mass is 10.1. The summed E-state index contributed by atoms with van der Waals surface area (Å²) >= 11 is 0. The number of nitrogens with one attached hydrogen (secondary N) is 2. The van der Waals surface area contributed by atoms with Gasteiger partial charge in [0, 0.05) is 12.6 Å². The molecule has 2 N–H and O–H groups in total. The Morgan fingerprint density at radius 1 is 1.25 bits per heavy atom. The minimum absolute atomic E-state index is 0.0979. The zero-order chi connectivity index (χ0) is 11.4. The molecule has 0 spiro atoms. The molecule has 2 aliphatic rings. The maximum Gasteiger partial charge on any atom is 0.214 e. The summed E-state index contributed by atoms with van der Waals surface area (Å²) < 4.78 is 31.8. The third-order valence-electron chi connectivity index (χ3n) is 3.11. The van der Waals surface area contributed by atoms with Gasteiger partial charge in [0.05, 0.1) is 11.9 Å². The van der Waals surface area contributed by atoms with Crippen LogP contribution in [0.3, 0.4) is 0 Å². The van der Waals surface area contributed by atoms with Gasteiger partial charge in [-0.1, -0.05) is 0 Å². The molecule has 0 aromatic carbocycles. The Balaban J connectivity index is 1.81. The minimum atomic E-state index is -3.17. The lowest BCUT2D eigenvalue weighted by Crippen LogP contribution is -2.44. The standard InChI is InChI=1S/C10H20N2O3S/c13-16(14,8-10-2-1-7-15-10)12-9-3-5-11-6-4-9/h9-12H,1-8H2. The van der Waals surface area contributed by atoms with E-state index in [-0.39, 0.29) is 17.9 Å². The number of piperidine rings is 1. The molecule has 2 heterocycles. The van der Waals surface area contributed by atoms with Crippen LogP contribution in [0.25, 0.3) is 0 Å². The average molecular weight is 248 g/mol. The second kappa shape index (κ2) is 5.44. The van der Waals surface area contributed by atoms with Gasteiger partial charge in [0.1, 0.15) is 0 Å². The van der Waals surface area contributed by atoms with Crippen LogP contribution in [0, 0.1) is 0 Å². The Kier molecular flexibility index (Phi) is 4.18. The van der Waals surface area contributed by atoms with Crippen molar-refractivity contribution in [2.45, 2.75) is 37.8 Å².